The predicted octanol–water partition coefficient (Wildman–Crippen LogP) is 1.87. The molecular formula is C13H22N2. The second kappa shape index (κ2) is 3.91. The Kier molecular flexibility index (Phi) is 2.57. The topological polar surface area (TPSA) is 6.48 Å². The highest BCUT2D eigenvalue weighted by Gasteiger charge is 2.37. The molecule has 0 spiro atoms. The first-order chi connectivity index (χ1) is 7.34. The third-order valence-corrected chi connectivity index (χ3v) is 4.44. The fourth-order valence-corrected chi connectivity index (χ4v) is 3.59. The molecule has 2 heterocycles. The van der Waals surface area contributed by atoms with Gasteiger partial charge < -0.3 is 0 Å². The van der Waals surface area contributed by atoms with Crippen LogP contribution in [0.1, 0.15) is 32.6 Å². The van der Waals surface area contributed by atoms with Gasteiger partial charge in [0, 0.05) is 31.2 Å². The quantitative estimate of drug-likeness (QED) is 0.604. The largest absolute Gasteiger partial charge is 0.298 e. The zero-order valence-corrected chi connectivity index (χ0v) is 9.73. The van der Waals surface area contributed by atoms with Crippen LogP contribution in [0.4, 0.5) is 0 Å². The van der Waals surface area contributed by atoms with Crippen molar-refractivity contribution < 1.29 is 0 Å². The third-order valence-electron chi connectivity index (χ3n) is 4.44. The van der Waals surface area contributed by atoms with Gasteiger partial charge in [-0.05, 0) is 39.2 Å². The maximum atomic E-state index is 2.77. The summed E-state index contributed by atoms with van der Waals surface area (Å²) in [6.45, 7) is 6.40. The van der Waals surface area contributed by atoms with Crippen molar-refractivity contribution >= 4 is 0 Å². The van der Waals surface area contributed by atoms with Crippen molar-refractivity contribution in [3.8, 4) is 0 Å². The Morgan fingerprint density at radius 1 is 1.07 bits per heavy atom. The van der Waals surface area contributed by atoms with Gasteiger partial charge in [-0.15, -0.1) is 0 Å². The van der Waals surface area contributed by atoms with Crippen LogP contribution in [0, 0.1) is 0 Å². The fourth-order valence-electron chi connectivity index (χ4n) is 3.59. The lowest BCUT2D eigenvalue weighted by atomic mass is 10.0. The molecule has 1 aliphatic carbocycles. The summed E-state index contributed by atoms with van der Waals surface area (Å²) in [5.74, 6) is 0. The summed E-state index contributed by atoms with van der Waals surface area (Å²) in [5.41, 5.74) is 0. The smallest absolute Gasteiger partial charge is 0.0224 e. The second-order valence-corrected chi connectivity index (χ2v) is 5.43. The second-order valence-electron chi connectivity index (χ2n) is 5.43. The molecule has 2 saturated heterocycles. The van der Waals surface area contributed by atoms with Gasteiger partial charge in [-0.25, -0.2) is 0 Å². The van der Waals surface area contributed by atoms with E-state index in [0.29, 0.717) is 0 Å². The van der Waals surface area contributed by atoms with E-state index in [-0.39, 0.29) is 0 Å². The van der Waals surface area contributed by atoms with Crippen LogP contribution in [0.2, 0.25) is 0 Å². The number of nitrogens with zero attached hydrogens (tertiary/aromatic N) is 2. The molecule has 3 aliphatic rings. The van der Waals surface area contributed by atoms with Crippen LogP contribution in [0.3, 0.4) is 0 Å². The lowest BCUT2D eigenvalue weighted by molar-refractivity contribution is 0.0314. The predicted molar refractivity (Wildman–Crippen MR) is 62.9 cm³/mol. The number of fused-ring (bicyclic) bond motifs is 1. The van der Waals surface area contributed by atoms with Crippen molar-refractivity contribution in [3.63, 3.8) is 0 Å². The zero-order chi connectivity index (χ0) is 10.3. The number of hydrogen-bond acceptors (Lipinski definition) is 2. The van der Waals surface area contributed by atoms with E-state index in [1.54, 1.807) is 0 Å². The van der Waals surface area contributed by atoms with Crippen LogP contribution in [0.15, 0.2) is 12.2 Å². The van der Waals surface area contributed by atoms with E-state index in [2.05, 4.69) is 28.9 Å². The van der Waals surface area contributed by atoms with Gasteiger partial charge in [-0.2, -0.15) is 0 Å². The Morgan fingerprint density at radius 2 is 1.87 bits per heavy atom. The third kappa shape index (κ3) is 1.74. The van der Waals surface area contributed by atoms with Crippen molar-refractivity contribution in [1.29, 1.82) is 0 Å². The van der Waals surface area contributed by atoms with Crippen molar-refractivity contribution in [2.45, 2.75) is 50.7 Å². The summed E-state index contributed by atoms with van der Waals surface area (Å²) < 4.78 is 0. The van der Waals surface area contributed by atoms with E-state index in [9.17, 15) is 0 Å². The summed E-state index contributed by atoms with van der Waals surface area (Å²) in [7, 11) is 0. The normalized spacial score (nSPS) is 38.7. The summed E-state index contributed by atoms with van der Waals surface area (Å²) in [6, 6.07) is 2.47. The van der Waals surface area contributed by atoms with Gasteiger partial charge in [0.15, 0.2) is 0 Å². The molecule has 2 unspecified atom stereocenters. The van der Waals surface area contributed by atoms with E-state index in [0.717, 1.165) is 18.1 Å². The van der Waals surface area contributed by atoms with E-state index in [1.807, 2.05) is 0 Å². The summed E-state index contributed by atoms with van der Waals surface area (Å²) >= 11 is 0. The minimum atomic E-state index is 0.768. The molecule has 2 aliphatic heterocycles. The van der Waals surface area contributed by atoms with Gasteiger partial charge in [0.05, 0.1) is 0 Å². The maximum Gasteiger partial charge on any atom is 0.0224 e. The molecule has 3 rings (SSSR count). The molecule has 0 aromatic carbocycles. The Hall–Kier alpha value is -0.340. The van der Waals surface area contributed by atoms with Gasteiger partial charge in [-0.3, -0.25) is 9.80 Å². The van der Waals surface area contributed by atoms with Crippen molar-refractivity contribution in [2.75, 3.05) is 19.6 Å². The van der Waals surface area contributed by atoms with Crippen LogP contribution in [-0.2, 0) is 0 Å². The molecule has 84 valence electrons. The van der Waals surface area contributed by atoms with Crippen LogP contribution in [0.5, 0.6) is 0 Å². The SMILES string of the molecule is CC1CN2CCCC2CN1C1CC=CC1. The molecule has 0 bridgehead atoms. The van der Waals surface area contributed by atoms with Crippen molar-refractivity contribution in [2.24, 2.45) is 0 Å². The minimum absolute atomic E-state index is 0.768. The highest BCUT2D eigenvalue weighted by molar-refractivity contribution is 5.02. The van der Waals surface area contributed by atoms with Crippen LogP contribution in [0.25, 0.3) is 0 Å². The van der Waals surface area contributed by atoms with Crippen molar-refractivity contribution in [1.82, 2.24) is 9.80 Å². The first-order valence-corrected chi connectivity index (χ1v) is 6.49. The van der Waals surface area contributed by atoms with Gasteiger partial charge in [-0.1, -0.05) is 12.2 Å². The van der Waals surface area contributed by atoms with Gasteiger partial charge in [0.2, 0.25) is 0 Å². The van der Waals surface area contributed by atoms with Crippen LogP contribution >= 0.6 is 0 Å². The lowest BCUT2D eigenvalue weighted by Crippen LogP contribution is -2.57. The lowest BCUT2D eigenvalue weighted by Gasteiger charge is -2.45. The Balaban J connectivity index is 1.68. The molecule has 15 heavy (non-hydrogen) atoms. The van der Waals surface area contributed by atoms with Crippen LogP contribution in [-0.4, -0.2) is 47.6 Å². The molecule has 0 N–H and O–H groups in total. The maximum absolute atomic E-state index is 2.77. The Labute approximate surface area is 92.9 Å². The molecule has 2 atom stereocenters. The molecule has 0 saturated carbocycles. The average molecular weight is 206 g/mol. The molecule has 0 radical (unpaired) electrons. The van der Waals surface area contributed by atoms with Crippen LogP contribution < -0.4 is 0 Å². The first kappa shape index (κ1) is 9.86. The molecule has 0 aromatic rings. The molecule has 2 heteroatoms. The summed E-state index contributed by atoms with van der Waals surface area (Å²) in [4.78, 5) is 5.48. The molecule has 2 nitrogen and oxygen atoms in total. The highest BCUT2D eigenvalue weighted by Crippen LogP contribution is 2.29. The van der Waals surface area contributed by atoms with Gasteiger partial charge >= 0.3 is 0 Å². The van der Waals surface area contributed by atoms with E-state index in [4.69, 9.17) is 0 Å². The standard InChI is InChI=1S/C13H22N2/c1-11-9-14-8-4-7-13(14)10-15(11)12-5-2-3-6-12/h2-3,11-13H,4-10H2,1H3. The number of rotatable bonds is 1. The van der Waals surface area contributed by atoms with Gasteiger partial charge in [0.25, 0.3) is 0 Å². The Bertz CT molecular complexity index is 253. The number of hydrogen-bond donors (Lipinski definition) is 0. The summed E-state index contributed by atoms with van der Waals surface area (Å²) in [5, 5.41) is 0. The summed E-state index contributed by atoms with van der Waals surface area (Å²) in [6.07, 6.45) is 10.2. The Morgan fingerprint density at radius 3 is 2.67 bits per heavy atom. The molecule has 0 amide bonds. The minimum Gasteiger partial charge on any atom is -0.298 e. The molecule has 0 aromatic heterocycles. The highest BCUT2D eigenvalue weighted by atomic mass is 15.3. The average Bonchev–Trinajstić information content (AvgIpc) is 2.85. The van der Waals surface area contributed by atoms with Gasteiger partial charge in [0.1, 0.15) is 0 Å². The first-order valence-electron chi connectivity index (χ1n) is 6.49. The molecule has 2 fully saturated rings. The number of piperazine rings is 1. The zero-order valence-electron chi connectivity index (χ0n) is 9.73. The van der Waals surface area contributed by atoms with E-state index < -0.39 is 0 Å². The molecular weight excluding hydrogens is 184 g/mol. The fraction of sp³-hybridized carbons (Fsp3) is 0.846. The van der Waals surface area contributed by atoms with Crippen molar-refractivity contribution in [3.05, 3.63) is 12.2 Å². The monoisotopic (exact) mass is 206 g/mol. The van der Waals surface area contributed by atoms with E-state index >= 15 is 0 Å². The van der Waals surface area contributed by atoms with E-state index in [1.165, 1.54) is 45.3 Å².